The molecule has 106 valence electrons. The highest BCUT2D eigenvalue weighted by atomic mass is 32.2. The molecule has 0 saturated carbocycles. The number of carbonyl (C=O) groups excluding carboxylic acids is 1. The van der Waals surface area contributed by atoms with E-state index in [0.717, 1.165) is 10.6 Å². The van der Waals surface area contributed by atoms with Crippen molar-refractivity contribution in [2.24, 2.45) is 5.92 Å². The van der Waals surface area contributed by atoms with Crippen molar-refractivity contribution in [1.29, 1.82) is 0 Å². The number of rotatable bonds is 7. The Morgan fingerprint density at radius 1 is 1.37 bits per heavy atom. The molecule has 1 amide bonds. The lowest BCUT2D eigenvalue weighted by atomic mass is 10.1. The van der Waals surface area contributed by atoms with Gasteiger partial charge in [-0.2, -0.15) is 0 Å². The van der Waals surface area contributed by atoms with Crippen LogP contribution in [0.1, 0.15) is 13.8 Å². The summed E-state index contributed by atoms with van der Waals surface area (Å²) < 4.78 is 5.07. The SMILES string of the molecule is COc1ccc(SCC(=O)NC(CO)C(C)C)cc1. The van der Waals surface area contributed by atoms with Crippen LogP contribution in [0.5, 0.6) is 5.75 Å². The first-order chi connectivity index (χ1) is 9.06. The van der Waals surface area contributed by atoms with Crippen LogP contribution in [0.25, 0.3) is 0 Å². The fourth-order valence-electron chi connectivity index (χ4n) is 1.49. The number of aliphatic hydroxyl groups is 1. The number of hydrogen-bond acceptors (Lipinski definition) is 4. The summed E-state index contributed by atoms with van der Waals surface area (Å²) >= 11 is 1.46. The Morgan fingerprint density at radius 3 is 2.47 bits per heavy atom. The Hall–Kier alpha value is -1.20. The van der Waals surface area contributed by atoms with Crippen molar-refractivity contribution in [3.8, 4) is 5.75 Å². The molecule has 19 heavy (non-hydrogen) atoms. The molecule has 1 unspecified atom stereocenters. The third kappa shape index (κ3) is 5.53. The highest BCUT2D eigenvalue weighted by molar-refractivity contribution is 8.00. The Labute approximate surface area is 118 Å². The molecule has 1 aromatic rings. The summed E-state index contributed by atoms with van der Waals surface area (Å²) in [6, 6.07) is 7.39. The third-order valence-corrected chi connectivity index (χ3v) is 3.79. The summed E-state index contributed by atoms with van der Waals surface area (Å²) in [4.78, 5) is 12.8. The first-order valence-corrected chi connectivity index (χ1v) is 7.22. The van der Waals surface area contributed by atoms with Crippen LogP contribution in [0.4, 0.5) is 0 Å². The highest BCUT2D eigenvalue weighted by Gasteiger charge is 2.14. The third-order valence-electron chi connectivity index (χ3n) is 2.78. The van der Waals surface area contributed by atoms with E-state index in [1.165, 1.54) is 11.8 Å². The molecule has 0 saturated heterocycles. The van der Waals surface area contributed by atoms with Crippen LogP contribution in [0.15, 0.2) is 29.2 Å². The maximum atomic E-state index is 11.7. The van der Waals surface area contributed by atoms with Gasteiger partial charge in [-0.1, -0.05) is 13.8 Å². The molecular weight excluding hydrogens is 262 g/mol. The van der Waals surface area contributed by atoms with Crippen molar-refractivity contribution in [2.45, 2.75) is 24.8 Å². The van der Waals surface area contributed by atoms with Crippen molar-refractivity contribution in [1.82, 2.24) is 5.32 Å². The van der Waals surface area contributed by atoms with Gasteiger partial charge in [0.25, 0.3) is 0 Å². The molecule has 0 aliphatic rings. The molecule has 0 heterocycles. The molecule has 1 aromatic carbocycles. The van der Waals surface area contributed by atoms with Gasteiger partial charge in [0.05, 0.1) is 25.5 Å². The van der Waals surface area contributed by atoms with Gasteiger partial charge < -0.3 is 15.2 Å². The molecule has 0 aliphatic heterocycles. The number of benzene rings is 1. The highest BCUT2D eigenvalue weighted by Crippen LogP contribution is 2.21. The Balaban J connectivity index is 2.40. The average molecular weight is 283 g/mol. The average Bonchev–Trinajstić information content (AvgIpc) is 2.42. The van der Waals surface area contributed by atoms with Crippen molar-refractivity contribution in [2.75, 3.05) is 19.5 Å². The first-order valence-electron chi connectivity index (χ1n) is 6.24. The lowest BCUT2D eigenvalue weighted by molar-refractivity contribution is -0.119. The monoisotopic (exact) mass is 283 g/mol. The lowest BCUT2D eigenvalue weighted by Gasteiger charge is -2.19. The number of aliphatic hydroxyl groups excluding tert-OH is 1. The Morgan fingerprint density at radius 2 is 2.00 bits per heavy atom. The van der Waals surface area contributed by atoms with Gasteiger partial charge in [0.1, 0.15) is 5.75 Å². The molecule has 2 N–H and O–H groups in total. The number of methoxy groups -OCH3 is 1. The lowest BCUT2D eigenvalue weighted by Crippen LogP contribution is -2.41. The predicted molar refractivity (Wildman–Crippen MR) is 77.6 cm³/mol. The van der Waals surface area contributed by atoms with Crippen LogP contribution >= 0.6 is 11.8 Å². The second kappa shape index (κ2) is 8.07. The van der Waals surface area contributed by atoms with Gasteiger partial charge in [0, 0.05) is 4.90 Å². The fraction of sp³-hybridized carbons (Fsp3) is 0.500. The minimum Gasteiger partial charge on any atom is -0.497 e. The van der Waals surface area contributed by atoms with Gasteiger partial charge in [-0.25, -0.2) is 0 Å². The van der Waals surface area contributed by atoms with E-state index < -0.39 is 0 Å². The van der Waals surface area contributed by atoms with E-state index in [1.54, 1.807) is 7.11 Å². The number of amides is 1. The summed E-state index contributed by atoms with van der Waals surface area (Å²) in [5.41, 5.74) is 0. The van der Waals surface area contributed by atoms with E-state index >= 15 is 0 Å². The fourth-order valence-corrected chi connectivity index (χ4v) is 2.20. The molecule has 5 heteroatoms. The largest absolute Gasteiger partial charge is 0.497 e. The molecule has 0 bridgehead atoms. The van der Waals surface area contributed by atoms with Crippen molar-refractivity contribution in [3.05, 3.63) is 24.3 Å². The van der Waals surface area contributed by atoms with E-state index in [-0.39, 0.29) is 24.5 Å². The summed E-state index contributed by atoms with van der Waals surface area (Å²) in [7, 11) is 1.62. The normalized spacial score (nSPS) is 12.3. The van der Waals surface area contributed by atoms with Crippen LogP contribution in [-0.2, 0) is 4.79 Å². The van der Waals surface area contributed by atoms with Crippen LogP contribution in [0.3, 0.4) is 0 Å². The van der Waals surface area contributed by atoms with Crippen molar-refractivity contribution >= 4 is 17.7 Å². The smallest absolute Gasteiger partial charge is 0.230 e. The number of nitrogens with one attached hydrogen (secondary N) is 1. The zero-order valence-corrected chi connectivity index (χ0v) is 12.4. The number of hydrogen-bond donors (Lipinski definition) is 2. The quantitative estimate of drug-likeness (QED) is 0.751. The van der Waals surface area contributed by atoms with Gasteiger partial charge in [-0.15, -0.1) is 11.8 Å². The van der Waals surface area contributed by atoms with Crippen molar-refractivity contribution < 1.29 is 14.6 Å². The summed E-state index contributed by atoms with van der Waals surface area (Å²) in [6.07, 6.45) is 0. The molecule has 0 radical (unpaired) electrons. The van der Waals surface area contributed by atoms with E-state index in [2.05, 4.69) is 5.32 Å². The van der Waals surface area contributed by atoms with E-state index in [1.807, 2.05) is 38.1 Å². The van der Waals surface area contributed by atoms with Gasteiger partial charge in [-0.3, -0.25) is 4.79 Å². The number of ether oxygens (including phenoxy) is 1. The van der Waals surface area contributed by atoms with Crippen LogP contribution in [-0.4, -0.2) is 36.5 Å². The maximum absolute atomic E-state index is 11.7. The second-order valence-electron chi connectivity index (χ2n) is 4.56. The van der Waals surface area contributed by atoms with Crippen molar-refractivity contribution in [3.63, 3.8) is 0 Å². The van der Waals surface area contributed by atoms with Gasteiger partial charge >= 0.3 is 0 Å². The first kappa shape index (κ1) is 15.9. The van der Waals surface area contributed by atoms with Gasteiger partial charge in [0.15, 0.2) is 0 Å². The van der Waals surface area contributed by atoms with Crippen LogP contribution < -0.4 is 10.1 Å². The summed E-state index contributed by atoms with van der Waals surface area (Å²) in [6.45, 7) is 3.91. The van der Waals surface area contributed by atoms with Gasteiger partial charge in [-0.05, 0) is 30.2 Å². The van der Waals surface area contributed by atoms with E-state index in [4.69, 9.17) is 9.84 Å². The summed E-state index contributed by atoms with van der Waals surface area (Å²) in [5, 5.41) is 12.0. The molecule has 1 rings (SSSR count). The molecule has 0 fully saturated rings. The second-order valence-corrected chi connectivity index (χ2v) is 5.61. The van der Waals surface area contributed by atoms with Crippen LogP contribution in [0.2, 0.25) is 0 Å². The maximum Gasteiger partial charge on any atom is 0.230 e. The molecule has 4 nitrogen and oxygen atoms in total. The Bertz CT molecular complexity index is 392. The summed E-state index contributed by atoms with van der Waals surface area (Å²) in [5.74, 6) is 1.30. The van der Waals surface area contributed by atoms with Crippen LogP contribution in [0, 0.1) is 5.92 Å². The number of thioether (sulfide) groups is 1. The minimum atomic E-state index is -0.177. The zero-order valence-electron chi connectivity index (χ0n) is 11.6. The molecule has 0 spiro atoms. The molecule has 1 atom stereocenters. The molecule has 0 aliphatic carbocycles. The number of carbonyl (C=O) groups is 1. The van der Waals surface area contributed by atoms with E-state index in [9.17, 15) is 4.79 Å². The van der Waals surface area contributed by atoms with Gasteiger partial charge in [0.2, 0.25) is 5.91 Å². The Kier molecular flexibility index (Phi) is 6.73. The minimum absolute atomic E-state index is 0.0311. The predicted octanol–water partition coefficient (Wildman–Crippen LogP) is 1.92. The standard InChI is InChI=1S/C14H21NO3S/c1-10(2)13(8-16)15-14(17)9-19-12-6-4-11(18-3)5-7-12/h4-7,10,13,16H,8-9H2,1-3H3,(H,15,17). The molecular formula is C14H21NO3S. The topological polar surface area (TPSA) is 58.6 Å². The molecule has 0 aromatic heterocycles. The van der Waals surface area contributed by atoms with E-state index in [0.29, 0.717) is 5.75 Å². The zero-order chi connectivity index (χ0) is 14.3.